The molecule has 5 heteroatoms. The third-order valence-corrected chi connectivity index (χ3v) is 7.50. The summed E-state index contributed by atoms with van der Waals surface area (Å²) in [5.41, 5.74) is -0.452. The molecule has 1 saturated heterocycles. The van der Waals surface area contributed by atoms with E-state index in [-0.39, 0.29) is 0 Å². The molecule has 0 aliphatic carbocycles. The summed E-state index contributed by atoms with van der Waals surface area (Å²) < 4.78 is 6.39. The average molecular weight is 423 g/mol. The standard InChI is InChI=1S/C26H34N2O3/c1-7-17(2)16-31-23-20-14-10-8-12-18(20)22(19-13-9-11-15-21(19)23)24-27(29)25(3,4)26(5,6)28(24)30/h8-15,17,24,29-30H,7,16H2,1-6H3. The minimum atomic E-state index is -0.705. The molecule has 1 aliphatic heterocycles. The van der Waals surface area contributed by atoms with Crippen molar-refractivity contribution < 1.29 is 15.2 Å². The summed E-state index contributed by atoms with van der Waals surface area (Å²) in [4.78, 5) is 0. The van der Waals surface area contributed by atoms with Gasteiger partial charge in [0.15, 0.2) is 0 Å². The van der Waals surface area contributed by atoms with Crippen LogP contribution >= 0.6 is 0 Å². The van der Waals surface area contributed by atoms with Gasteiger partial charge in [-0.15, -0.1) is 0 Å². The fraction of sp³-hybridized carbons (Fsp3) is 0.462. The van der Waals surface area contributed by atoms with Crippen LogP contribution in [0, 0.1) is 5.92 Å². The molecule has 166 valence electrons. The molecule has 0 saturated carbocycles. The molecular formula is C26H34N2O3. The Hall–Kier alpha value is -2.18. The highest BCUT2D eigenvalue weighted by Crippen LogP contribution is 2.51. The van der Waals surface area contributed by atoms with E-state index >= 15 is 0 Å². The normalized spacial score (nSPS) is 20.5. The van der Waals surface area contributed by atoms with Crippen molar-refractivity contribution >= 4 is 21.5 Å². The summed E-state index contributed by atoms with van der Waals surface area (Å²) in [7, 11) is 0. The van der Waals surface area contributed by atoms with E-state index in [0.717, 1.165) is 39.3 Å². The van der Waals surface area contributed by atoms with Gasteiger partial charge in [0.25, 0.3) is 0 Å². The van der Waals surface area contributed by atoms with Gasteiger partial charge in [-0.3, -0.25) is 0 Å². The lowest BCUT2D eigenvalue weighted by atomic mass is 9.84. The van der Waals surface area contributed by atoms with E-state index in [1.54, 1.807) is 0 Å². The molecule has 0 aromatic heterocycles. The van der Waals surface area contributed by atoms with Crippen LogP contribution in [0.4, 0.5) is 0 Å². The minimum absolute atomic E-state index is 0.453. The summed E-state index contributed by atoms with van der Waals surface area (Å²) in [6.45, 7) is 12.8. The molecule has 0 amide bonds. The van der Waals surface area contributed by atoms with Crippen molar-refractivity contribution in [3.8, 4) is 5.75 Å². The van der Waals surface area contributed by atoms with Gasteiger partial charge in [0.1, 0.15) is 11.9 Å². The van der Waals surface area contributed by atoms with Gasteiger partial charge in [0.05, 0.1) is 17.7 Å². The van der Waals surface area contributed by atoms with Gasteiger partial charge in [-0.2, -0.15) is 10.1 Å². The largest absolute Gasteiger partial charge is 0.492 e. The monoisotopic (exact) mass is 422 g/mol. The number of hydroxylamine groups is 4. The Kier molecular flexibility index (Phi) is 5.51. The topological polar surface area (TPSA) is 56.2 Å². The van der Waals surface area contributed by atoms with E-state index in [1.807, 2.05) is 64.1 Å². The van der Waals surface area contributed by atoms with Crippen LogP contribution < -0.4 is 4.74 Å². The highest BCUT2D eigenvalue weighted by molar-refractivity contribution is 6.08. The first-order chi connectivity index (χ1) is 14.6. The molecule has 2 N–H and O–H groups in total. The maximum absolute atomic E-state index is 11.3. The Morgan fingerprint density at radius 2 is 1.26 bits per heavy atom. The predicted molar refractivity (Wildman–Crippen MR) is 125 cm³/mol. The number of fused-ring (bicyclic) bond motifs is 2. The zero-order valence-electron chi connectivity index (χ0n) is 19.4. The highest BCUT2D eigenvalue weighted by atomic mass is 16.6. The van der Waals surface area contributed by atoms with Crippen LogP contribution in [0.1, 0.15) is 59.7 Å². The van der Waals surface area contributed by atoms with E-state index < -0.39 is 17.2 Å². The van der Waals surface area contributed by atoms with Crippen LogP contribution in [0.15, 0.2) is 48.5 Å². The second-order valence-corrected chi connectivity index (χ2v) is 9.84. The minimum Gasteiger partial charge on any atom is -0.492 e. The molecule has 1 unspecified atom stereocenters. The molecule has 0 radical (unpaired) electrons. The lowest BCUT2D eigenvalue weighted by Crippen LogP contribution is -2.52. The second-order valence-electron chi connectivity index (χ2n) is 9.84. The Morgan fingerprint density at radius 3 is 1.68 bits per heavy atom. The lowest BCUT2D eigenvalue weighted by Gasteiger charge is -2.37. The number of hydrogen-bond acceptors (Lipinski definition) is 5. The van der Waals surface area contributed by atoms with Crippen LogP contribution in [-0.4, -0.2) is 38.2 Å². The smallest absolute Gasteiger partial charge is 0.138 e. The van der Waals surface area contributed by atoms with Crippen LogP contribution in [0.3, 0.4) is 0 Å². The Labute approximate surface area is 184 Å². The van der Waals surface area contributed by atoms with Crippen LogP contribution in [0.5, 0.6) is 5.75 Å². The molecule has 3 aromatic rings. The van der Waals surface area contributed by atoms with Crippen molar-refractivity contribution in [2.45, 2.75) is 65.2 Å². The van der Waals surface area contributed by atoms with Gasteiger partial charge < -0.3 is 15.2 Å². The summed E-state index contributed by atoms with van der Waals surface area (Å²) in [6, 6.07) is 16.2. The molecule has 5 nitrogen and oxygen atoms in total. The molecule has 0 bridgehead atoms. The Bertz CT molecular complexity index is 1030. The molecule has 1 aliphatic rings. The van der Waals surface area contributed by atoms with E-state index in [9.17, 15) is 10.4 Å². The Balaban J connectivity index is 2.01. The summed E-state index contributed by atoms with van der Waals surface area (Å²) >= 11 is 0. The molecule has 31 heavy (non-hydrogen) atoms. The zero-order chi connectivity index (χ0) is 22.6. The van der Waals surface area contributed by atoms with E-state index in [0.29, 0.717) is 12.5 Å². The highest BCUT2D eigenvalue weighted by Gasteiger charge is 2.58. The number of rotatable bonds is 5. The van der Waals surface area contributed by atoms with E-state index in [2.05, 4.69) is 26.0 Å². The van der Waals surface area contributed by atoms with Crippen molar-refractivity contribution in [1.82, 2.24) is 10.1 Å². The number of ether oxygens (including phenoxy) is 1. The quantitative estimate of drug-likeness (QED) is 0.468. The van der Waals surface area contributed by atoms with Gasteiger partial charge in [0, 0.05) is 16.3 Å². The number of nitrogens with zero attached hydrogens (tertiary/aromatic N) is 2. The molecule has 1 fully saturated rings. The fourth-order valence-electron chi connectivity index (χ4n) is 4.42. The maximum Gasteiger partial charge on any atom is 0.138 e. The maximum atomic E-state index is 11.3. The predicted octanol–water partition coefficient (Wildman–Crippen LogP) is 6.37. The first kappa shape index (κ1) is 22.0. The van der Waals surface area contributed by atoms with Gasteiger partial charge in [-0.05, 0) is 44.4 Å². The first-order valence-electron chi connectivity index (χ1n) is 11.2. The van der Waals surface area contributed by atoms with Crippen LogP contribution in [0.2, 0.25) is 0 Å². The van der Waals surface area contributed by atoms with Crippen molar-refractivity contribution in [1.29, 1.82) is 0 Å². The Morgan fingerprint density at radius 1 is 0.839 bits per heavy atom. The third-order valence-electron chi connectivity index (χ3n) is 7.50. The summed E-state index contributed by atoms with van der Waals surface area (Å²) in [5, 5.41) is 29.0. The van der Waals surface area contributed by atoms with Gasteiger partial charge in [-0.1, -0.05) is 68.8 Å². The molecule has 0 spiro atoms. The number of benzene rings is 3. The zero-order valence-corrected chi connectivity index (χ0v) is 19.4. The average Bonchev–Trinajstić information content (AvgIpc) is 2.88. The first-order valence-corrected chi connectivity index (χ1v) is 11.2. The lowest BCUT2D eigenvalue weighted by molar-refractivity contribution is -0.222. The summed E-state index contributed by atoms with van der Waals surface area (Å²) in [6.07, 6.45) is 0.350. The van der Waals surface area contributed by atoms with E-state index in [1.165, 1.54) is 10.1 Å². The molecule has 1 atom stereocenters. The van der Waals surface area contributed by atoms with Crippen molar-refractivity contribution in [2.24, 2.45) is 5.92 Å². The SMILES string of the molecule is CCC(C)COc1c2ccccc2c(C2N(O)C(C)(C)C(C)(C)N2O)c2ccccc12. The van der Waals surface area contributed by atoms with Crippen molar-refractivity contribution in [2.75, 3.05) is 6.61 Å². The summed E-state index contributed by atoms with van der Waals surface area (Å²) in [5.74, 6) is 1.32. The molecule has 4 rings (SSSR count). The second kappa shape index (κ2) is 7.75. The van der Waals surface area contributed by atoms with E-state index in [4.69, 9.17) is 4.74 Å². The molecule has 1 heterocycles. The van der Waals surface area contributed by atoms with Gasteiger partial charge in [-0.25, -0.2) is 0 Å². The van der Waals surface area contributed by atoms with Crippen molar-refractivity contribution in [3.63, 3.8) is 0 Å². The van der Waals surface area contributed by atoms with Gasteiger partial charge >= 0.3 is 0 Å². The van der Waals surface area contributed by atoms with Crippen LogP contribution in [-0.2, 0) is 0 Å². The third kappa shape index (κ3) is 3.23. The number of hydrogen-bond donors (Lipinski definition) is 2. The van der Waals surface area contributed by atoms with Crippen molar-refractivity contribution in [3.05, 3.63) is 54.1 Å². The van der Waals surface area contributed by atoms with Gasteiger partial charge in [0.2, 0.25) is 0 Å². The molecular weight excluding hydrogens is 388 g/mol. The van der Waals surface area contributed by atoms with Crippen LogP contribution in [0.25, 0.3) is 21.5 Å². The fourth-order valence-corrected chi connectivity index (χ4v) is 4.42. The molecule has 3 aromatic carbocycles.